The number of anilines is 1. The number of carboxylic acid groups (broad SMARTS) is 1. The normalized spacial score (nSPS) is 19.2. The summed E-state index contributed by atoms with van der Waals surface area (Å²) in [4.78, 5) is 26.3. The number of aromatic nitrogens is 1. The molecule has 0 aliphatic heterocycles. The molecule has 2 rings (SSSR count). The van der Waals surface area contributed by atoms with Crippen LogP contribution in [-0.2, 0) is 0 Å². The van der Waals surface area contributed by atoms with E-state index in [0.717, 1.165) is 0 Å². The topological polar surface area (TPSA) is 91.3 Å². The Kier molecular flexibility index (Phi) is 3.20. The van der Waals surface area contributed by atoms with Crippen LogP contribution in [0.15, 0.2) is 18.3 Å². The van der Waals surface area contributed by atoms with Gasteiger partial charge in [-0.15, -0.1) is 0 Å². The summed E-state index contributed by atoms with van der Waals surface area (Å²) in [7, 11) is 0. The lowest BCUT2D eigenvalue weighted by Gasteiger charge is -2.08. The van der Waals surface area contributed by atoms with Crippen molar-refractivity contribution in [3.05, 3.63) is 24.0 Å². The zero-order valence-corrected chi connectivity index (χ0v) is 12.0. The average Bonchev–Trinajstić information content (AvgIpc) is 2.72. The zero-order valence-electron chi connectivity index (χ0n) is 12.0. The summed E-state index contributed by atoms with van der Waals surface area (Å²) in [5, 5.41) is 14.3. The number of carbonyl (C=O) groups excluding carboxylic acids is 1. The van der Waals surface area contributed by atoms with Gasteiger partial charge in [0.2, 0.25) is 0 Å². The monoisotopic (exact) mass is 277 g/mol. The van der Waals surface area contributed by atoms with Crippen LogP contribution >= 0.6 is 0 Å². The van der Waals surface area contributed by atoms with E-state index in [-0.39, 0.29) is 28.6 Å². The number of amides is 2. The van der Waals surface area contributed by atoms with Crippen LogP contribution in [-0.4, -0.2) is 28.1 Å². The van der Waals surface area contributed by atoms with E-state index in [1.807, 2.05) is 0 Å². The van der Waals surface area contributed by atoms with Crippen molar-refractivity contribution in [3.8, 4) is 0 Å². The van der Waals surface area contributed by atoms with Gasteiger partial charge < -0.3 is 15.7 Å². The predicted octanol–water partition coefficient (Wildman–Crippen LogP) is 2.34. The Balaban J connectivity index is 1.94. The molecule has 20 heavy (non-hydrogen) atoms. The number of nitrogens with one attached hydrogen (secondary N) is 2. The molecule has 1 saturated carbocycles. The Labute approximate surface area is 117 Å². The third-order valence-electron chi connectivity index (χ3n) is 4.54. The molecule has 0 atom stereocenters. The molecule has 0 unspecified atom stereocenters. The van der Waals surface area contributed by atoms with Gasteiger partial charge in [-0.25, -0.2) is 14.6 Å². The molecule has 0 saturated heterocycles. The molecule has 1 fully saturated rings. The van der Waals surface area contributed by atoms with E-state index in [4.69, 9.17) is 5.11 Å². The van der Waals surface area contributed by atoms with Crippen molar-refractivity contribution < 1.29 is 14.7 Å². The fourth-order valence-corrected chi connectivity index (χ4v) is 2.45. The molecule has 3 N–H and O–H groups in total. The number of hydrogen-bond donors (Lipinski definition) is 3. The molecule has 1 aliphatic rings. The number of carbonyl (C=O) groups is 2. The molecule has 6 heteroatoms. The standard InChI is InChI=1S/C14H19N3O3/c1-13(2)11(14(13,3)4)17-12(20)16-8-5-6-9(10(18)19)15-7-8/h5-7,11H,1-4H3,(H,18,19)(H2,16,17,20). The van der Waals surface area contributed by atoms with E-state index in [1.165, 1.54) is 18.3 Å². The Morgan fingerprint density at radius 2 is 1.80 bits per heavy atom. The Bertz CT molecular complexity index is 535. The van der Waals surface area contributed by atoms with Gasteiger partial charge in [0.05, 0.1) is 11.9 Å². The number of hydrogen-bond acceptors (Lipinski definition) is 3. The molecular weight excluding hydrogens is 258 g/mol. The van der Waals surface area contributed by atoms with Gasteiger partial charge in [0.25, 0.3) is 0 Å². The minimum atomic E-state index is -1.09. The number of rotatable bonds is 3. The summed E-state index contributed by atoms with van der Waals surface area (Å²) in [6.07, 6.45) is 1.33. The Hall–Kier alpha value is -2.11. The van der Waals surface area contributed by atoms with Gasteiger partial charge in [-0.2, -0.15) is 0 Å². The van der Waals surface area contributed by atoms with Gasteiger partial charge in [-0.05, 0) is 23.0 Å². The minimum Gasteiger partial charge on any atom is -0.477 e. The minimum absolute atomic E-state index is 0.0552. The van der Waals surface area contributed by atoms with Crippen molar-refractivity contribution in [1.29, 1.82) is 0 Å². The molecule has 0 radical (unpaired) electrons. The summed E-state index contributed by atoms with van der Waals surface area (Å²) in [6.45, 7) is 8.45. The Morgan fingerprint density at radius 1 is 1.20 bits per heavy atom. The van der Waals surface area contributed by atoms with E-state index in [1.54, 1.807) is 0 Å². The summed E-state index contributed by atoms with van der Waals surface area (Å²) >= 11 is 0. The van der Waals surface area contributed by atoms with E-state index in [0.29, 0.717) is 5.69 Å². The predicted molar refractivity (Wildman–Crippen MR) is 74.7 cm³/mol. The van der Waals surface area contributed by atoms with Gasteiger partial charge in [0.15, 0.2) is 0 Å². The third-order valence-corrected chi connectivity index (χ3v) is 4.54. The molecule has 6 nitrogen and oxygen atoms in total. The van der Waals surface area contributed by atoms with Crippen LogP contribution in [0.3, 0.4) is 0 Å². The summed E-state index contributed by atoms with van der Waals surface area (Å²) < 4.78 is 0. The molecule has 108 valence electrons. The maximum atomic E-state index is 11.9. The van der Waals surface area contributed by atoms with Crippen LogP contribution in [0, 0.1) is 10.8 Å². The van der Waals surface area contributed by atoms with E-state index in [2.05, 4.69) is 43.3 Å². The van der Waals surface area contributed by atoms with Crippen molar-refractivity contribution in [2.24, 2.45) is 10.8 Å². The maximum Gasteiger partial charge on any atom is 0.354 e. The van der Waals surface area contributed by atoms with Gasteiger partial charge in [0, 0.05) is 6.04 Å². The number of nitrogens with zero attached hydrogens (tertiary/aromatic N) is 1. The first-order valence-corrected chi connectivity index (χ1v) is 6.43. The van der Waals surface area contributed by atoms with Crippen LogP contribution in [0.4, 0.5) is 10.5 Å². The third kappa shape index (κ3) is 2.33. The molecule has 0 aromatic carbocycles. The molecule has 2 amide bonds. The first kappa shape index (κ1) is 14.3. The van der Waals surface area contributed by atoms with Crippen LogP contribution in [0.2, 0.25) is 0 Å². The van der Waals surface area contributed by atoms with Crippen molar-refractivity contribution in [1.82, 2.24) is 10.3 Å². The maximum absolute atomic E-state index is 11.9. The molecule has 1 aliphatic carbocycles. The number of carboxylic acids is 1. The number of aromatic carboxylic acids is 1. The number of pyridine rings is 1. The largest absolute Gasteiger partial charge is 0.477 e. The highest BCUT2D eigenvalue weighted by atomic mass is 16.4. The van der Waals surface area contributed by atoms with Gasteiger partial charge in [-0.1, -0.05) is 27.7 Å². The summed E-state index contributed by atoms with van der Waals surface area (Å²) in [5.41, 5.74) is 0.537. The fourth-order valence-electron chi connectivity index (χ4n) is 2.45. The molecule has 1 heterocycles. The quantitative estimate of drug-likeness (QED) is 0.790. The van der Waals surface area contributed by atoms with Crippen LogP contribution in [0.5, 0.6) is 0 Å². The lowest BCUT2D eigenvalue weighted by molar-refractivity contribution is 0.0690. The molecule has 1 aromatic rings. The first-order chi connectivity index (χ1) is 9.16. The lowest BCUT2D eigenvalue weighted by atomic mass is 10.0. The highest BCUT2D eigenvalue weighted by Gasteiger charge is 2.65. The highest BCUT2D eigenvalue weighted by molar-refractivity contribution is 5.90. The molecule has 1 aromatic heterocycles. The van der Waals surface area contributed by atoms with Crippen molar-refractivity contribution >= 4 is 17.7 Å². The van der Waals surface area contributed by atoms with Crippen molar-refractivity contribution in [2.45, 2.75) is 33.7 Å². The van der Waals surface area contributed by atoms with Crippen LogP contribution in [0.25, 0.3) is 0 Å². The highest BCUT2D eigenvalue weighted by Crippen LogP contribution is 2.62. The van der Waals surface area contributed by atoms with Gasteiger partial charge in [-0.3, -0.25) is 0 Å². The molecular formula is C14H19N3O3. The second kappa shape index (κ2) is 4.47. The Morgan fingerprint density at radius 3 is 2.20 bits per heavy atom. The SMILES string of the molecule is CC1(C)C(NC(=O)Nc2ccc(C(=O)O)nc2)C1(C)C. The second-order valence-electron chi connectivity index (χ2n) is 6.21. The molecule has 0 spiro atoms. The van der Waals surface area contributed by atoms with Crippen molar-refractivity contribution in [3.63, 3.8) is 0 Å². The van der Waals surface area contributed by atoms with E-state index in [9.17, 15) is 9.59 Å². The lowest BCUT2D eigenvalue weighted by Crippen LogP contribution is -2.33. The number of urea groups is 1. The first-order valence-electron chi connectivity index (χ1n) is 6.43. The fraction of sp³-hybridized carbons (Fsp3) is 0.500. The van der Waals surface area contributed by atoms with Crippen LogP contribution in [0.1, 0.15) is 38.2 Å². The molecule has 0 bridgehead atoms. The van der Waals surface area contributed by atoms with Crippen LogP contribution < -0.4 is 10.6 Å². The zero-order chi connectivity index (χ0) is 15.1. The average molecular weight is 277 g/mol. The van der Waals surface area contributed by atoms with E-state index < -0.39 is 5.97 Å². The smallest absolute Gasteiger partial charge is 0.354 e. The van der Waals surface area contributed by atoms with E-state index >= 15 is 0 Å². The summed E-state index contributed by atoms with van der Waals surface area (Å²) in [6, 6.07) is 2.67. The van der Waals surface area contributed by atoms with Gasteiger partial charge in [0.1, 0.15) is 5.69 Å². The summed E-state index contributed by atoms with van der Waals surface area (Å²) in [5.74, 6) is -1.09. The second-order valence-corrected chi connectivity index (χ2v) is 6.21. The van der Waals surface area contributed by atoms with Crippen molar-refractivity contribution in [2.75, 3.05) is 5.32 Å². The van der Waals surface area contributed by atoms with Gasteiger partial charge >= 0.3 is 12.0 Å².